The summed E-state index contributed by atoms with van der Waals surface area (Å²) < 4.78 is 0. The Hall–Kier alpha value is -1.98. The summed E-state index contributed by atoms with van der Waals surface area (Å²) in [6, 6.07) is 15.0. The Morgan fingerprint density at radius 2 is 2.04 bits per heavy atom. The third kappa shape index (κ3) is 4.80. The molecular formula is C20H21ClN2O2S. The normalized spacial score (nSPS) is 13.9. The molecule has 0 spiro atoms. The van der Waals surface area contributed by atoms with Crippen molar-refractivity contribution in [2.45, 2.75) is 18.6 Å². The second kappa shape index (κ2) is 9.10. The molecule has 0 bridgehead atoms. The Morgan fingerprint density at radius 3 is 2.81 bits per heavy atom. The SMILES string of the molecule is O=C(NCCSCc1ccccc1Cl)c1cccc(N2CCCC2=O)c1. The lowest BCUT2D eigenvalue weighted by atomic mass is 10.1. The van der Waals surface area contributed by atoms with Crippen LogP contribution in [0.5, 0.6) is 0 Å². The molecule has 2 amide bonds. The van der Waals surface area contributed by atoms with E-state index in [-0.39, 0.29) is 11.8 Å². The van der Waals surface area contributed by atoms with Crippen molar-refractivity contribution >= 4 is 40.9 Å². The minimum atomic E-state index is -0.114. The van der Waals surface area contributed by atoms with Crippen molar-refractivity contribution < 1.29 is 9.59 Å². The third-order valence-electron chi connectivity index (χ3n) is 4.24. The maximum absolute atomic E-state index is 12.3. The first-order valence-electron chi connectivity index (χ1n) is 8.65. The van der Waals surface area contributed by atoms with Gasteiger partial charge >= 0.3 is 0 Å². The average molecular weight is 389 g/mol. The molecule has 4 nitrogen and oxygen atoms in total. The fourth-order valence-corrected chi connectivity index (χ4v) is 4.02. The van der Waals surface area contributed by atoms with Gasteiger partial charge in [-0.1, -0.05) is 35.9 Å². The van der Waals surface area contributed by atoms with Crippen molar-refractivity contribution in [3.8, 4) is 0 Å². The van der Waals surface area contributed by atoms with E-state index < -0.39 is 0 Å². The molecule has 0 unspecified atom stereocenters. The lowest BCUT2D eigenvalue weighted by Gasteiger charge is -2.16. The third-order valence-corrected chi connectivity index (χ3v) is 5.62. The van der Waals surface area contributed by atoms with Crippen LogP contribution in [0.2, 0.25) is 5.02 Å². The molecule has 26 heavy (non-hydrogen) atoms. The predicted molar refractivity (Wildman–Crippen MR) is 108 cm³/mol. The molecule has 1 N–H and O–H groups in total. The molecule has 0 saturated carbocycles. The highest BCUT2D eigenvalue weighted by Crippen LogP contribution is 2.22. The van der Waals surface area contributed by atoms with Gasteiger partial charge in [-0.2, -0.15) is 11.8 Å². The summed E-state index contributed by atoms with van der Waals surface area (Å²) in [4.78, 5) is 25.9. The number of thioether (sulfide) groups is 1. The lowest BCUT2D eigenvalue weighted by molar-refractivity contribution is -0.117. The Balaban J connectivity index is 1.46. The van der Waals surface area contributed by atoms with Gasteiger partial charge in [0.25, 0.3) is 5.91 Å². The van der Waals surface area contributed by atoms with Crippen molar-refractivity contribution in [1.82, 2.24) is 5.32 Å². The van der Waals surface area contributed by atoms with Crippen LogP contribution in [0.3, 0.4) is 0 Å². The fraction of sp³-hybridized carbons (Fsp3) is 0.300. The predicted octanol–water partition coefficient (Wildman–Crippen LogP) is 4.13. The second-order valence-corrected chi connectivity index (χ2v) is 7.61. The monoisotopic (exact) mass is 388 g/mol. The molecule has 0 radical (unpaired) electrons. The zero-order valence-corrected chi connectivity index (χ0v) is 16.0. The van der Waals surface area contributed by atoms with Gasteiger partial charge in [0, 0.05) is 47.3 Å². The minimum Gasteiger partial charge on any atom is -0.351 e. The summed E-state index contributed by atoms with van der Waals surface area (Å²) in [5, 5.41) is 3.71. The molecule has 1 saturated heterocycles. The number of anilines is 1. The number of nitrogens with one attached hydrogen (secondary N) is 1. The highest BCUT2D eigenvalue weighted by molar-refractivity contribution is 7.98. The van der Waals surface area contributed by atoms with Crippen molar-refractivity contribution in [3.63, 3.8) is 0 Å². The Morgan fingerprint density at radius 1 is 1.19 bits per heavy atom. The van der Waals surface area contributed by atoms with Crippen molar-refractivity contribution in [2.24, 2.45) is 0 Å². The highest BCUT2D eigenvalue weighted by Gasteiger charge is 2.22. The number of benzene rings is 2. The van der Waals surface area contributed by atoms with Gasteiger partial charge in [-0.15, -0.1) is 0 Å². The number of nitrogens with zero attached hydrogens (tertiary/aromatic N) is 1. The van der Waals surface area contributed by atoms with Gasteiger partial charge in [0.15, 0.2) is 0 Å². The number of halogens is 1. The average Bonchev–Trinajstić information content (AvgIpc) is 3.09. The summed E-state index contributed by atoms with van der Waals surface area (Å²) in [5.41, 5.74) is 2.49. The zero-order valence-electron chi connectivity index (χ0n) is 14.4. The van der Waals surface area contributed by atoms with Crippen LogP contribution in [0.4, 0.5) is 5.69 Å². The van der Waals surface area contributed by atoms with Crippen molar-refractivity contribution in [3.05, 3.63) is 64.7 Å². The van der Waals surface area contributed by atoms with Gasteiger partial charge in [-0.25, -0.2) is 0 Å². The van der Waals surface area contributed by atoms with Crippen molar-refractivity contribution in [1.29, 1.82) is 0 Å². The number of rotatable bonds is 7. The highest BCUT2D eigenvalue weighted by atomic mass is 35.5. The number of carbonyl (C=O) groups is 2. The molecular weight excluding hydrogens is 368 g/mol. The molecule has 0 aromatic heterocycles. The first kappa shape index (κ1) is 18.8. The van der Waals surface area contributed by atoms with Gasteiger partial charge in [-0.05, 0) is 36.2 Å². The van der Waals surface area contributed by atoms with Gasteiger partial charge in [0.05, 0.1) is 0 Å². The van der Waals surface area contributed by atoms with Crippen LogP contribution in [0.1, 0.15) is 28.8 Å². The van der Waals surface area contributed by atoms with Crippen LogP contribution in [-0.2, 0) is 10.5 Å². The summed E-state index contributed by atoms with van der Waals surface area (Å²) in [6.45, 7) is 1.31. The number of carbonyl (C=O) groups excluding carboxylic acids is 2. The lowest BCUT2D eigenvalue weighted by Crippen LogP contribution is -2.27. The van der Waals surface area contributed by atoms with E-state index in [0.717, 1.165) is 40.7 Å². The molecule has 6 heteroatoms. The molecule has 0 atom stereocenters. The number of hydrogen-bond acceptors (Lipinski definition) is 3. The van der Waals surface area contributed by atoms with E-state index in [4.69, 9.17) is 11.6 Å². The molecule has 1 fully saturated rings. The van der Waals surface area contributed by atoms with E-state index in [0.29, 0.717) is 18.5 Å². The van der Waals surface area contributed by atoms with E-state index in [2.05, 4.69) is 5.32 Å². The first-order valence-corrected chi connectivity index (χ1v) is 10.2. The van der Waals surface area contributed by atoms with E-state index >= 15 is 0 Å². The first-order chi connectivity index (χ1) is 12.6. The van der Waals surface area contributed by atoms with Crippen LogP contribution >= 0.6 is 23.4 Å². The molecule has 2 aromatic carbocycles. The van der Waals surface area contributed by atoms with E-state index in [1.807, 2.05) is 36.4 Å². The quantitative estimate of drug-likeness (QED) is 0.725. The Kier molecular flexibility index (Phi) is 6.58. The van der Waals surface area contributed by atoms with Crippen LogP contribution in [0.15, 0.2) is 48.5 Å². The van der Waals surface area contributed by atoms with Gasteiger partial charge in [-0.3, -0.25) is 9.59 Å². The standard InChI is InChI=1S/C20H21ClN2O2S/c21-18-8-2-1-5-16(18)14-26-12-10-22-20(25)15-6-3-7-17(13-15)23-11-4-9-19(23)24/h1-3,5-8,13H,4,9-12,14H2,(H,22,25). The number of amides is 2. The van der Waals surface area contributed by atoms with E-state index in [9.17, 15) is 9.59 Å². The van der Waals surface area contributed by atoms with E-state index in [1.165, 1.54) is 0 Å². The maximum Gasteiger partial charge on any atom is 0.251 e. The molecule has 3 rings (SSSR count). The van der Waals surface area contributed by atoms with Crippen LogP contribution in [-0.4, -0.2) is 30.7 Å². The molecule has 2 aromatic rings. The maximum atomic E-state index is 12.3. The van der Waals surface area contributed by atoms with Crippen LogP contribution in [0, 0.1) is 0 Å². The van der Waals surface area contributed by atoms with E-state index in [1.54, 1.807) is 28.8 Å². The van der Waals surface area contributed by atoms with Crippen LogP contribution < -0.4 is 10.2 Å². The van der Waals surface area contributed by atoms with Crippen molar-refractivity contribution in [2.75, 3.05) is 23.7 Å². The Labute approximate surface area is 162 Å². The largest absolute Gasteiger partial charge is 0.351 e. The zero-order chi connectivity index (χ0) is 18.4. The molecule has 1 aliphatic rings. The summed E-state index contributed by atoms with van der Waals surface area (Å²) in [6.07, 6.45) is 1.46. The molecule has 0 aliphatic carbocycles. The molecule has 1 heterocycles. The van der Waals surface area contributed by atoms with Gasteiger partial charge in [0.2, 0.25) is 5.91 Å². The topological polar surface area (TPSA) is 49.4 Å². The summed E-state index contributed by atoms with van der Waals surface area (Å²) in [7, 11) is 0. The molecule has 1 aliphatic heterocycles. The number of hydrogen-bond donors (Lipinski definition) is 1. The fourth-order valence-electron chi connectivity index (χ4n) is 2.87. The van der Waals surface area contributed by atoms with Gasteiger partial charge < -0.3 is 10.2 Å². The van der Waals surface area contributed by atoms with Gasteiger partial charge in [0.1, 0.15) is 0 Å². The van der Waals surface area contributed by atoms with Crippen LogP contribution in [0.25, 0.3) is 0 Å². The molecule has 136 valence electrons. The Bertz CT molecular complexity index is 797. The summed E-state index contributed by atoms with van der Waals surface area (Å²) >= 11 is 7.86. The smallest absolute Gasteiger partial charge is 0.251 e. The minimum absolute atomic E-state index is 0.114. The second-order valence-electron chi connectivity index (χ2n) is 6.10. The summed E-state index contributed by atoms with van der Waals surface area (Å²) in [5.74, 6) is 1.64.